The molecule has 3 nitrogen and oxygen atoms in total. The number of nitrogens with two attached hydrogens (primary N) is 1. The van der Waals surface area contributed by atoms with Crippen LogP contribution in [-0.2, 0) is 6.54 Å². The fourth-order valence-corrected chi connectivity index (χ4v) is 2.20. The molecule has 1 fully saturated rings. The molecule has 1 aliphatic rings. The van der Waals surface area contributed by atoms with Crippen LogP contribution in [0, 0.1) is 5.92 Å². The fraction of sp³-hybridized carbons (Fsp3) is 0.727. The van der Waals surface area contributed by atoms with E-state index >= 15 is 0 Å². The van der Waals surface area contributed by atoms with Crippen molar-refractivity contribution in [1.82, 2.24) is 9.78 Å². The minimum atomic E-state index is 0.552. The summed E-state index contributed by atoms with van der Waals surface area (Å²) in [6.07, 6.45) is 7.29. The van der Waals surface area contributed by atoms with Crippen molar-refractivity contribution in [2.24, 2.45) is 11.7 Å². The Morgan fingerprint density at radius 2 is 2.14 bits per heavy atom. The molecule has 0 radical (unpaired) electrons. The first-order valence-corrected chi connectivity index (χ1v) is 5.53. The van der Waals surface area contributed by atoms with E-state index in [-0.39, 0.29) is 0 Å². The summed E-state index contributed by atoms with van der Waals surface area (Å²) < 4.78 is 2.11. The number of rotatable bonds is 2. The predicted molar refractivity (Wildman–Crippen MR) is 56.8 cm³/mol. The van der Waals surface area contributed by atoms with Crippen molar-refractivity contribution in [3.63, 3.8) is 0 Å². The molecule has 1 aliphatic carbocycles. The smallest absolute Gasteiger partial charge is 0.0760 e. The molecule has 0 atom stereocenters. The van der Waals surface area contributed by atoms with Crippen LogP contribution >= 0.6 is 0 Å². The molecule has 2 rings (SSSR count). The van der Waals surface area contributed by atoms with E-state index in [0.717, 1.165) is 11.6 Å². The highest BCUT2D eigenvalue weighted by atomic mass is 15.3. The summed E-state index contributed by atoms with van der Waals surface area (Å²) in [4.78, 5) is 0. The van der Waals surface area contributed by atoms with Crippen LogP contribution in [0.4, 0.5) is 0 Å². The topological polar surface area (TPSA) is 43.8 Å². The second-order valence-corrected chi connectivity index (χ2v) is 4.40. The van der Waals surface area contributed by atoms with Gasteiger partial charge in [0.2, 0.25) is 0 Å². The van der Waals surface area contributed by atoms with Gasteiger partial charge >= 0.3 is 0 Å². The van der Waals surface area contributed by atoms with Crippen molar-refractivity contribution in [2.45, 2.75) is 45.2 Å². The van der Waals surface area contributed by atoms with Crippen LogP contribution in [0.25, 0.3) is 0 Å². The molecule has 3 heteroatoms. The summed E-state index contributed by atoms with van der Waals surface area (Å²) in [6.45, 7) is 2.89. The molecule has 1 heterocycles. The highest BCUT2D eigenvalue weighted by molar-refractivity contribution is 4.99. The van der Waals surface area contributed by atoms with Gasteiger partial charge in [-0.1, -0.05) is 6.92 Å². The quantitative estimate of drug-likeness (QED) is 0.781. The largest absolute Gasteiger partial charge is 0.325 e. The lowest BCUT2D eigenvalue weighted by atomic mass is 9.87. The number of nitrogens with zero attached hydrogens (tertiary/aromatic N) is 2. The van der Waals surface area contributed by atoms with Crippen molar-refractivity contribution in [3.8, 4) is 0 Å². The van der Waals surface area contributed by atoms with Crippen LogP contribution < -0.4 is 5.73 Å². The highest BCUT2D eigenvalue weighted by Gasteiger charge is 2.19. The lowest BCUT2D eigenvalue weighted by molar-refractivity contribution is 0.273. The maximum atomic E-state index is 5.54. The van der Waals surface area contributed by atoms with Gasteiger partial charge in [-0.2, -0.15) is 5.10 Å². The maximum Gasteiger partial charge on any atom is 0.0760 e. The zero-order chi connectivity index (χ0) is 9.97. The molecule has 2 N–H and O–H groups in total. The molecule has 14 heavy (non-hydrogen) atoms. The third kappa shape index (κ3) is 1.98. The molecule has 0 aromatic carbocycles. The van der Waals surface area contributed by atoms with Crippen molar-refractivity contribution < 1.29 is 0 Å². The van der Waals surface area contributed by atoms with E-state index in [9.17, 15) is 0 Å². The molecule has 1 saturated carbocycles. The van der Waals surface area contributed by atoms with Gasteiger partial charge in [-0.05, 0) is 37.7 Å². The van der Waals surface area contributed by atoms with Gasteiger partial charge in [0, 0.05) is 12.7 Å². The Morgan fingerprint density at radius 3 is 2.71 bits per heavy atom. The minimum Gasteiger partial charge on any atom is -0.325 e. The van der Waals surface area contributed by atoms with Gasteiger partial charge in [-0.3, -0.25) is 4.68 Å². The monoisotopic (exact) mass is 193 g/mol. The molecule has 1 aromatic rings. The maximum absolute atomic E-state index is 5.54. The van der Waals surface area contributed by atoms with Gasteiger partial charge in [-0.25, -0.2) is 0 Å². The molecule has 0 bridgehead atoms. The third-order valence-electron chi connectivity index (χ3n) is 3.23. The standard InChI is InChI=1S/C11H19N3/c1-9-2-4-11(5-3-9)14-7-6-10(8-12)13-14/h6-7,9,11H,2-5,8,12H2,1H3. The molecule has 78 valence electrons. The van der Waals surface area contributed by atoms with Crippen LogP contribution in [0.15, 0.2) is 12.3 Å². The Kier molecular flexibility index (Phi) is 2.87. The normalized spacial score (nSPS) is 27.9. The summed E-state index contributed by atoms with van der Waals surface area (Å²) in [7, 11) is 0. The molecule has 0 unspecified atom stereocenters. The van der Waals surface area contributed by atoms with E-state index in [2.05, 4.69) is 22.9 Å². The van der Waals surface area contributed by atoms with Crippen molar-refractivity contribution in [1.29, 1.82) is 0 Å². The van der Waals surface area contributed by atoms with Crippen LogP contribution in [0.1, 0.15) is 44.3 Å². The number of hydrogen-bond donors (Lipinski definition) is 1. The van der Waals surface area contributed by atoms with E-state index in [1.54, 1.807) is 0 Å². The Morgan fingerprint density at radius 1 is 1.43 bits per heavy atom. The lowest BCUT2D eigenvalue weighted by Gasteiger charge is -2.26. The van der Waals surface area contributed by atoms with E-state index in [4.69, 9.17) is 5.73 Å². The Hall–Kier alpha value is -0.830. The summed E-state index contributed by atoms with van der Waals surface area (Å²) in [5, 5.41) is 4.47. The molecule has 0 aliphatic heterocycles. The van der Waals surface area contributed by atoms with Crippen LogP contribution in [0.3, 0.4) is 0 Å². The molecule has 1 aromatic heterocycles. The number of aromatic nitrogens is 2. The zero-order valence-electron chi connectivity index (χ0n) is 8.82. The summed E-state index contributed by atoms with van der Waals surface area (Å²) >= 11 is 0. The average molecular weight is 193 g/mol. The predicted octanol–water partition coefficient (Wildman–Crippen LogP) is 2.09. The van der Waals surface area contributed by atoms with Gasteiger partial charge < -0.3 is 5.73 Å². The van der Waals surface area contributed by atoms with E-state index < -0.39 is 0 Å². The fourth-order valence-electron chi connectivity index (χ4n) is 2.20. The first kappa shape index (κ1) is 9.71. The van der Waals surface area contributed by atoms with Crippen molar-refractivity contribution in [2.75, 3.05) is 0 Å². The zero-order valence-corrected chi connectivity index (χ0v) is 8.82. The third-order valence-corrected chi connectivity index (χ3v) is 3.23. The first-order chi connectivity index (χ1) is 6.79. The van der Waals surface area contributed by atoms with E-state index in [0.29, 0.717) is 12.6 Å². The minimum absolute atomic E-state index is 0.552. The van der Waals surface area contributed by atoms with E-state index in [1.165, 1.54) is 25.7 Å². The first-order valence-electron chi connectivity index (χ1n) is 5.53. The molecular formula is C11H19N3. The number of hydrogen-bond acceptors (Lipinski definition) is 2. The van der Waals surface area contributed by atoms with Crippen LogP contribution in [0.2, 0.25) is 0 Å². The second-order valence-electron chi connectivity index (χ2n) is 4.40. The molecule has 0 amide bonds. The molecular weight excluding hydrogens is 174 g/mol. The second kappa shape index (κ2) is 4.13. The van der Waals surface area contributed by atoms with Gasteiger partial charge in [0.15, 0.2) is 0 Å². The van der Waals surface area contributed by atoms with Gasteiger partial charge in [0.1, 0.15) is 0 Å². The van der Waals surface area contributed by atoms with Crippen LogP contribution in [0.5, 0.6) is 0 Å². The SMILES string of the molecule is CC1CCC(n2ccc(CN)n2)CC1. The molecule has 0 saturated heterocycles. The Bertz CT molecular complexity index is 284. The van der Waals surface area contributed by atoms with E-state index in [1.807, 2.05) is 6.07 Å². The molecule has 0 spiro atoms. The Balaban J connectivity index is 2.01. The Labute approximate surface area is 85.3 Å². The van der Waals surface area contributed by atoms with Gasteiger partial charge in [0.05, 0.1) is 11.7 Å². The summed E-state index contributed by atoms with van der Waals surface area (Å²) in [6, 6.07) is 2.64. The average Bonchev–Trinajstić information content (AvgIpc) is 2.67. The van der Waals surface area contributed by atoms with Crippen LogP contribution in [-0.4, -0.2) is 9.78 Å². The lowest BCUT2D eigenvalue weighted by Crippen LogP contribution is -2.17. The van der Waals surface area contributed by atoms with Crippen molar-refractivity contribution in [3.05, 3.63) is 18.0 Å². The van der Waals surface area contributed by atoms with Gasteiger partial charge in [-0.15, -0.1) is 0 Å². The van der Waals surface area contributed by atoms with Crippen molar-refractivity contribution >= 4 is 0 Å². The summed E-state index contributed by atoms with van der Waals surface area (Å²) in [5.41, 5.74) is 6.54. The highest BCUT2D eigenvalue weighted by Crippen LogP contribution is 2.31. The van der Waals surface area contributed by atoms with Gasteiger partial charge in [0.25, 0.3) is 0 Å². The summed E-state index contributed by atoms with van der Waals surface area (Å²) in [5.74, 6) is 0.899.